The van der Waals surface area contributed by atoms with Crippen LogP contribution >= 0.6 is 0 Å². The van der Waals surface area contributed by atoms with Gasteiger partial charge < -0.3 is 14.6 Å². The maximum Gasteiger partial charge on any atom is 0.276 e. The van der Waals surface area contributed by atoms with Crippen molar-refractivity contribution in [2.45, 2.75) is 52.1 Å². The lowest BCUT2D eigenvalue weighted by Gasteiger charge is -2.35. The molecule has 1 unspecified atom stereocenters. The highest BCUT2D eigenvalue weighted by atomic mass is 16.3. The first kappa shape index (κ1) is 17.5. The summed E-state index contributed by atoms with van der Waals surface area (Å²) in [6, 6.07) is 4.23. The van der Waals surface area contributed by atoms with Gasteiger partial charge in [0, 0.05) is 12.6 Å². The zero-order valence-electron chi connectivity index (χ0n) is 15.8. The molecule has 8 nitrogen and oxygen atoms in total. The Balaban J connectivity index is 1.65. The number of hydrogen-bond donors (Lipinski definition) is 2. The average Bonchev–Trinajstić information content (AvgIpc) is 3.26. The number of pyridine rings is 1. The lowest BCUT2D eigenvalue weighted by molar-refractivity contribution is 0.0599. The summed E-state index contributed by atoms with van der Waals surface area (Å²) in [5.41, 5.74) is 1.98. The van der Waals surface area contributed by atoms with Gasteiger partial charge in [-0.25, -0.2) is 9.97 Å². The van der Waals surface area contributed by atoms with Crippen molar-refractivity contribution in [2.24, 2.45) is 0 Å². The quantitative estimate of drug-likeness (QED) is 0.732. The number of H-pyrrole nitrogens is 1. The predicted molar refractivity (Wildman–Crippen MR) is 102 cm³/mol. The summed E-state index contributed by atoms with van der Waals surface area (Å²) >= 11 is 0. The molecule has 3 aromatic rings. The number of anilines is 1. The Labute approximate surface area is 157 Å². The normalized spacial score (nSPS) is 17.6. The molecular formula is C19H24N6O2. The number of carbonyl (C=O) groups excluding carboxylic acids is 1. The molecule has 0 bridgehead atoms. The van der Waals surface area contributed by atoms with Crippen molar-refractivity contribution in [2.75, 3.05) is 11.9 Å². The van der Waals surface area contributed by atoms with E-state index >= 15 is 0 Å². The molecule has 27 heavy (non-hydrogen) atoms. The van der Waals surface area contributed by atoms with Gasteiger partial charge in [-0.05, 0) is 52.2 Å². The second-order valence-corrected chi connectivity index (χ2v) is 7.27. The largest absolute Gasteiger partial charge is 0.448 e. The average molecular weight is 368 g/mol. The number of aromatic nitrogens is 4. The Kier molecular flexibility index (Phi) is 4.55. The lowest BCUT2D eigenvalue weighted by atomic mass is 9.98. The molecule has 0 saturated carbocycles. The minimum absolute atomic E-state index is 0.0726. The first-order chi connectivity index (χ1) is 13.0. The third-order valence-corrected chi connectivity index (χ3v) is 4.92. The molecule has 2 N–H and O–H groups in total. The molecule has 0 radical (unpaired) electrons. The number of likely N-dealkylation sites (tertiary alicyclic amines) is 1. The van der Waals surface area contributed by atoms with Crippen molar-refractivity contribution >= 4 is 22.8 Å². The van der Waals surface area contributed by atoms with Crippen LogP contribution in [0.1, 0.15) is 61.1 Å². The zero-order valence-corrected chi connectivity index (χ0v) is 15.8. The fraction of sp³-hybridized carbons (Fsp3) is 0.474. The van der Waals surface area contributed by atoms with Gasteiger partial charge in [0.1, 0.15) is 5.76 Å². The van der Waals surface area contributed by atoms with Gasteiger partial charge in [0.05, 0.1) is 17.1 Å². The molecule has 142 valence electrons. The molecule has 3 aromatic heterocycles. The van der Waals surface area contributed by atoms with Gasteiger partial charge in [0.2, 0.25) is 0 Å². The summed E-state index contributed by atoms with van der Waals surface area (Å²) in [6.07, 6.45) is 4.25. The van der Waals surface area contributed by atoms with E-state index in [-0.39, 0.29) is 18.0 Å². The number of aromatic amines is 1. The molecule has 1 aliphatic rings. The Morgan fingerprint density at radius 2 is 2.22 bits per heavy atom. The van der Waals surface area contributed by atoms with Crippen molar-refractivity contribution in [3.05, 3.63) is 35.7 Å². The molecule has 4 heterocycles. The van der Waals surface area contributed by atoms with E-state index in [4.69, 9.17) is 9.40 Å². The Hall–Kier alpha value is -2.90. The number of amides is 1. The van der Waals surface area contributed by atoms with Crippen LogP contribution in [0.3, 0.4) is 0 Å². The molecule has 1 fully saturated rings. The second-order valence-electron chi connectivity index (χ2n) is 7.27. The van der Waals surface area contributed by atoms with Crippen LogP contribution in [0.4, 0.5) is 5.82 Å². The zero-order chi connectivity index (χ0) is 19.0. The SMILES string of the molecule is Cc1ocnc1C(=O)N1CCCCC1c1ccc2c(NC(C)C)n[nH]c2n1. The van der Waals surface area contributed by atoms with Crippen molar-refractivity contribution < 1.29 is 9.21 Å². The number of fused-ring (bicyclic) bond motifs is 1. The standard InChI is InChI=1S/C19H24N6O2/c1-11(2)21-17-13-7-8-14(22-18(13)24-23-17)15-6-4-5-9-25(15)19(26)16-12(3)27-10-20-16/h7-8,10-11,15H,4-6,9H2,1-3H3,(H2,21,22,23,24). The molecular weight excluding hydrogens is 344 g/mol. The number of nitrogens with zero attached hydrogens (tertiary/aromatic N) is 4. The minimum Gasteiger partial charge on any atom is -0.448 e. The van der Waals surface area contributed by atoms with Crippen LogP contribution in [0, 0.1) is 6.92 Å². The number of rotatable bonds is 4. The van der Waals surface area contributed by atoms with E-state index in [9.17, 15) is 4.79 Å². The maximum atomic E-state index is 13.0. The van der Waals surface area contributed by atoms with Crippen LogP contribution in [0.25, 0.3) is 11.0 Å². The summed E-state index contributed by atoms with van der Waals surface area (Å²) in [6.45, 7) is 6.59. The van der Waals surface area contributed by atoms with Crippen LogP contribution in [0.15, 0.2) is 22.9 Å². The fourth-order valence-electron chi connectivity index (χ4n) is 3.62. The van der Waals surface area contributed by atoms with Crippen molar-refractivity contribution in [3.63, 3.8) is 0 Å². The van der Waals surface area contributed by atoms with E-state index in [2.05, 4.69) is 34.3 Å². The molecule has 0 aromatic carbocycles. The van der Waals surface area contributed by atoms with Crippen LogP contribution in [-0.4, -0.2) is 43.6 Å². The number of hydrogen-bond acceptors (Lipinski definition) is 6. The summed E-state index contributed by atoms with van der Waals surface area (Å²) in [5.74, 6) is 1.25. The minimum atomic E-state index is -0.0976. The van der Waals surface area contributed by atoms with E-state index in [1.54, 1.807) is 6.92 Å². The summed E-state index contributed by atoms with van der Waals surface area (Å²) in [4.78, 5) is 23.7. The van der Waals surface area contributed by atoms with Crippen molar-refractivity contribution in [1.82, 2.24) is 25.1 Å². The Morgan fingerprint density at radius 1 is 1.37 bits per heavy atom. The van der Waals surface area contributed by atoms with E-state index < -0.39 is 0 Å². The molecule has 0 aliphatic carbocycles. The van der Waals surface area contributed by atoms with E-state index in [1.165, 1.54) is 6.39 Å². The predicted octanol–water partition coefficient (Wildman–Crippen LogP) is 3.44. The summed E-state index contributed by atoms with van der Waals surface area (Å²) in [5, 5.41) is 11.6. The molecule has 1 amide bonds. The smallest absolute Gasteiger partial charge is 0.276 e. The third-order valence-electron chi connectivity index (χ3n) is 4.92. The number of aryl methyl sites for hydroxylation is 1. The van der Waals surface area contributed by atoms with Gasteiger partial charge in [0.15, 0.2) is 23.6 Å². The van der Waals surface area contributed by atoms with Crippen LogP contribution < -0.4 is 5.32 Å². The van der Waals surface area contributed by atoms with Crippen LogP contribution in [0.2, 0.25) is 0 Å². The topological polar surface area (TPSA) is 99.9 Å². The van der Waals surface area contributed by atoms with Crippen LogP contribution in [0.5, 0.6) is 0 Å². The molecule has 8 heteroatoms. The van der Waals surface area contributed by atoms with Gasteiger partial charge in [0.25, 0.3) is 5.91 Å². The molecule has 4 rings (SSSR count). The lowest BCUT2D eigenvalue weighted by Crippen LogP contribution is -2.39. The second kappa shape index (κ2) is 7.02. The highest BCUT2D eigenvalue weighted by Gasteiger charge is 2.32. The van der Waals surface area contributed by atoms with Gasteiger partial charge in [-0.15, -0.1) is 0 Å². The van der Waals surface area contributed by atoms with Crippen molar-refractivity contribution in [3.8, 4) is 0 Å². The van der Waals surface area contributed by atoms with E-state index in [0.717, 1.165) is 41.8 Å². The summed E-state index contributed by atoms with van der Waals surface area (Å²) in [7, 11) is 0. The number of piperidine rings is 1. The molecule has 1 saturated heterocycles. The highest BCUT2D eigenvalue weighted by Crippen LogP contribution is 2.33. The Morgan fingerprint density at radius 3 is 2.96 bits per heavy atom. The molecule has 1 aliphatic heterocycles. The third kappa shape index (κ3) is 3.27. The summed E-state index contributed by atoms with van der Waals surface area (Å²) < 4.78 is 5.21. The number of oxazole rings is 1. The number of carbonyl (C=O) groups is 1. The first-order valence-electron chi connectivity index (χ1n) is 9.37. The first-order valence-corrected chi connectivity index (χ1v) is 9.37. The van der Waals surface area contributed by atoms with Gasteiger partial charge in [-0.3, -0.25) is 9.89 Å². The van der Waals surface area contributed by atoms with E-state index in [0.29, 0.717) is 18.0 Å². The van der Waals surface area contributed by atoms with Crippen LogP contribution in [-0.2, 0) is 0 Å². The number of nitrogens with one attached hydrogen (secondary N) is 2. The van der Waals surface area contributed by atoms with Gasteiger partial charge in [-0.1, -0.05) is 0 Å². The maximum absolute atomic E-state index is 13.0. The fourth-order valence-corrected chi connectivity index (χ4v) is 3.62. The van der Waals surface area contributed by atoms with Crippen molar-refractivity contribution in [1.29, 1.82) is 0 Å². The highest BCUT2D eigenvalue weighted by molar-refractivity contribution is 5.93. The molecule has 1 atom stereocenters. The Bertz CT molecular complexity index is 960. The monoisotopic (exact) mass is 368 g/mol. The molecule has 0 spiro atoms. The van der Waals surface area contributed by atoms with Gasteiger partial charge >= 0.3 is 0 Å². The van der Waals surface area contributed by atoms with Gasteiger partial charge in [-0.2, -0.15) is 5.10 Å². The van der Waals surface area contributed by atoms with E-state index in [1.807, 2.05) is 17.0 Å².